The Bertz CT molecular complexity index is 368. The van der Waals surface area contributed by atoms with E-state index < -0.39 is 11.7 Å². The van der Waals surface area contributed by atoms with Gasteiger partial charge in [0.1, 0.15) is 5.82 Å². The van der Waals surface area contributed by atoms with E-state index in [4.69, 9.17) is 5.11 Å². The summed E-state index contributed by atoms with van der Waals surface area (Å²) in [5.74, 6) is -0.685. The quantitative estimate of drug-likeness (QED) is 0.797. The first-order valence-corrected chi connectivity index (χ1v) is 5.82. The standard InChI is InChI=1S/C13H18FNO2/c1-2-10(7-8-16)9-15-13(17)11-5-3-4-6-12(11)14/h3-6,10,16H,2,7-9H2,1H3,(H,15,17). The summed E-state index contributed by atoms with van der Waals surface area (Å²) < 4.78 is 13.3. The van der Waals surface area contributed by atoms with Crippen LogP contribution in [-0.2, 0) is 0 Å². The van der Waals surface area contributed by atoms with Crippen LogP contribution in [-0.4, -0.2) is 24.2 Å². The number of carbonyl (C=O) groups is 1. The fraction of sp³-hybridized carbons (Fsp3) is 0.462. The molecule has 4 heteroatoms. The van der Waals surface area contributed by atoms with Crippen LogP contribution in [0.25, 0.3) is 0 Å². The minimum absolute atomic E-state index is 0.0614. The summed E-state index contributed by atoms with van der Waals surface area (Å²) >= 11 is 0. The van der Waals surface area contributed by atoms with Crippen molar-refractivity contribution in [2.45, 2.75) is 19.8 Å². The average molecular weight is 239 g/mol. The highest BCUT2D eigenvalue weighted by Gasteiger charge is 2.12. The van der Waals surface area contributed by atoms with E-state index in [9.17, 15) is 9.18 Å². The second-order valence-electron chi connectivity index (χ2n) is 3.98. The molecule has 1 rings (SSSR count). The van der Waals surface area contributed by atoms with Crippen LogP contribution in [0.5, 0.6) is 0 Å². The molecular formula is C13H18FNO2. The molecule has 0 heterocycles. The van der Waals surface area contributed by atoms with E-state index in [0.29, 0.717) is 13.0 Å². The first-order valence-electron chi connectivity index (χ1n) is 5.82. The first-order chi connectivity index (χ1) is 8.19. The molecule has 0 aliphatic rings. The van der Waals surface area contributed by atoms with Crippen LogP contribution in [0.4, 0.5) is 4.39 Å². The van der Waals surface area contributed by atoms with Gasteiger partial charge in [0, 0.05) is 13.2 Å². The first kappa shape index (κ1) is 13.6. The predicted molar refractivity (Wildman–Crippen MR) is 64.2 cm³/mol. The number of aliphatic hydroxyl groups excluding tert-OH is 1. The molecule has 3 nitrogen and oxygen atoms in total. The topological polar surface area (TPSA) is 49.3 Å². The Balaban J connectivity index is 2.52. The third kappa shape index (κ3) is 4.15. The predicted octanol–water partition coefficient (Wildman–Crippen LogP) is 1.96. The van der Waals surface area contributed by atoms with Crippen molar-refractivity contribution in [3.8, 4) is 0 Å². The second-order valence-corrected chi connectivity index (χ2v) is 3.98. The lowest BCUT2D eigenvalue weighted by Crippen LogP contribution is -2.30. The van der Waals surface area contributed by atoms with Crippen molar-refractivity contribution in [3.05, 3.63) is 35.6 Å². The van der Waals surface area contributed by atoms with Crippen LogP contribution in [0, 0.1) is 11.7 Å². The van der Waals surface area contributed by atoms with Crippen molar-refractivity contribution in [1.29, 1.82) is 0 Å². The number of carbonyl (C=O) groups excluding carboxylic acids is 1. The number of amides is 1. The number of hydrogen-bond acceptors (Lipinski definition) is 2. The number of rotatable bonds is 6. The van der Waals surface area contributed by atoms with E-state index in [1.165, 1.54) is 12.1 Å². The van der Waals surface area contributed by atoms with Gasteiger partial charge in [0.25, 0.3) is 5.91 Å². The fourth-order valence-corrected chi connectivity index (χ4v) is 1.61. The molecule has 0 bridgehead atoms. The summed E-state index contributed by atoms with van der Waals surface area (Å²) in [4.78, 5) is 11.7. The highest BCUT2D eigenvalue weighted by atomic mass is 19.1. The molecule has 94 valence electrons. The van der Waals surface area contributed by atoms with Gasteiger partial charge < -0.3 is 10.4 Å². The zero-order chi connectivity index (χ0) is 12.7. The van der Waals surface area contributed by atoms with E-state index in [-0.39, 0.29) is 18.1 Å². The van der Waals surface area contributed by atoms with Gasteiger partial charge in [0.15, 0.2) is 0 Å². The summed E-state index contributed by atoms with van der Waals surface area (Å²) in [7, 11) is 0. The monoisotopic (exact) mass is 239 g/mol. The average Bonchev–Trinajstić information content (AvgIpc) is 2.34. The fourth-order valence-electron chi connectivity index (χ4n) is 1.61. The van der Waals surface area contributed by atoms with Crippen molar-refractivity contribution in [1.82, 2.24) is 5.32 Å². The van der Waals surface area contributed by atoms with Gasteiger partial charge in [-0.2, -0.15) is 0 Å². The van der Waals surface area contributed by atoms with Crippen LogP contribution >= 0.6 is 0 Å². The Kier molecular flexibility index (Phi) is 5.63. The molecule has 1 unspecified atom stereocenters. The van der Waals surface area contributed by atoms with Crippen LogP contribution in [0.3, 0.4) is 0 Å². The van der Waals surface area contributed by atoms with Crippen molar-refractivity contribution >= 4 is 5.91 Å². The molecule has 0 radical (unpaired) electrons. The molecule has 2 N–H and O–H groups in total. The Morgan fingerprint density at radius 1 is 1.47 bits per heavy atom. The van der Waals surface area contributed by atoms with Crippen molar-refractivity contribution in [3.63, 3.8) is 0 Å². The summed E-state index contributed by atoms with van der Waals surface area (Å²) in [6.45, 7) is 2.56. The van der Waals surface area contributed by atoms with Gasteiger partial charge >= 0.3 is 0 Å². The number of nitrogens with one attached hydrogen (secondary N) is 1. The van der Waals surface area contributed by atoms with Gasteiger partial charge in [-0.1, -0.05) is 25.5 Å². The van der Waals surface area contributed by atoms with Crippen molar-refractivity contribution in [2.24, 2.45) is 5.92 Å². The molecule has 0 saturated carbocycles. The molecule has 17 heavy (non-hydrogen) atoms. The lowest BCUT2D eigenvalue weighted by molar-refractivity contribution is 0.0939. The number of halogens is 1. The highest BCUT2D eigenvalue weighted by molar-refractivity contribution is 5.94. The van der Waals surface area contributed by atoms with Crippen molar-refractivity contribution in [2.75, 3.05) is 13.2 Å². The van der Waals surface area contributed by atoms with Crippen LogP contribution < -0.4 is 5.32 Å². The minimum Gasteiger partial charge on any atom is -0.396 e. The van der Waals surface area contributed by atoms with Gasteiger partial charge in [-0.15, -0.1) is 0 Å². The normalized spacial score (nSPS) is 12.2. The Hall–Kier alpha value is -1.42. The zero-order valence-electron chi connectivity index (χ0n) is 9.95. The van der Waals surface area contributed by atoms with Gasteiger partial charge in [-0.05, 0) is 24.5 Å². The molecule has 1 atom stereocenters. The zero-order valence-corrected chi connectivity index (χ0v) is 9.95. The van der Waals surface area contributed by atoms with E-state index in [0.717, 1.165) is 6.42 Å². The van der Waals surface area contributed by atoms with Crippen LogP contribution in [0.2, 0.25) is 0 Å². The maximum atomic E-state index is 13.3. The number of aliphatic hydroxyl groups is 1. The van der Waals surface area contributed by atoms with E-state index in [1.807, 2.05) is 6.92 Å². The molecule has 1 amide bonds. The summed E-state index contributed by atoms with van der Waals surface area (Å²) in [5, 5.41) is 11.5. The largest absolute Gasteiger partial charge is 0.396 e. The van der Waals surface area contributed by atoms with E-state index >= 15 is 0 Å². The SMILES string of the molecule is CCC(CCO)CNC(=O)c1ccccc1F. The maximum Gasteiger partial charge on any atom is 0.254 e. The molecule has 0 fully saturated rings. The number of benzene rings is 1. The maximum absolute atomic E-state index is 13.3. The molecule has 1 aromatic carbocycles. The van der Waals surface area contributed by atoms with Crippen LogP contribution in [0.1, 0.15) is 30.1 Å². The molecule has 0 aliphatic carbocycles. The minimum atomic E-state index is -0.514. The van der Waals surface area contributed by atoms with Gasteiger partial charge in [0.2, 0.25) is 0 Å². The Morgan fingerprint density at radius 2 is 2.18 bits per heavy atom. The van der Waals surface area contributed by atoms with Gasteiger partial charge in [0.05, 0.1) is 5.56 Å². The molecule has 1 aromatic rings. The van der Waals surface area contributed by atoms with Crippen LogP contribution in [0.15, 0.2) is 24.3 Å². The Labute approximate surface area is 101 Å². The third-order valence-electron chi connectivity index (χ3n) is 2.78. The van der Waals surface area contributed by atoms with E-state index in [1.54, 1.807) is 12.1 Å². The molecule has 0 aromatic heterocycles. The number of hydrogen-bond donors (Lipinski definition) is 2. The van der Waals surface area contributed by atoms with E-state index in [2.05, 4.69) is 5.32 Å². The summed E-state index contributed by atoms with van der Waals surface area (Å²) in [6.07, 6.45) is 1.52. The third-order valence-corrected chi connectivity index (χ3v) is 2.78. The second kappa shape index (κ2) is 7.01. The van der Waals surface area contributed by atoms with Gasteiger partial charge in [-0.25, -0.2) is 4.39 Å². The van der Waals surface area contributed by atoms with Gasteiger partial charge in [-0.3, -0.25) is 4.79 Å². The molecule has 0 aliphatic heterocycles. The lowest BCUT2D eigenvalue weighted by atomic mass is 10.0. The molecule has 0 saturated heterocycles. The summed E-state index contributed by atoms with van der Waals surface area (Å²) in [6, 6.07) is 5.90. The highest BCUT2D eigenvalue weighted by Crippen LogP contribution is 2.08. The molecule has 0 spiro atoms. The molecular weight excluding hydrogens is 221 g/mol. The smallest absolute Gasteiger partial charge is 0.254 e. The van der Waals surface area contributed by atoms with Crippen molar-refractivity contribution < 1.29 is 14.3 Å². The summed E-state index contributed by atoms with van der Waals surface area (Å²) in [5.41, 5.74) is 0.0614. The lowest BCUT2D eigenvalue weighted by Gasteiger charge is -2.14. The Morgan fingerprint density at radius 3 is 2.76 bits per heavy atom.